The summed E-state index contributed by atoms with van der Waals surface area (Å²) in [4.78, 5) is 34.2. The van der Waals surface area contributed by atoms with E-state index in [4.69, 9.17) is 4.74 Å². The number of anilines is 2. The minimum Gasteiger partial charge on any atom is -0.363 e. The van der Waals surface area contributed by atoms with E-state index >= 15 is 0 Å². The van der Waals surface area contributed by atoms with E-state index in [0.29, 0.717) is 44.0 Å². The van der Waals surface area contributed by atoms with E-state index in [-0.39, 0.29) is 24.0 Å². The molecule has 2 fully saturated rings. The molecule has 2 aliphatic rings. The van der Waals surface area contributed by atoms with Crippen LogP contribution in [0.25, 0.3) is 0 Å². The monoisotopic (exact) mass is 367 g/mol. The smallest absolute Gasteiger partial charge is 0.256 e. The van der Waals surface area contributed by atoms with Crippen LogP contribution in [-0.2, 0) is 9.53 Å². The summed E-state index contributed by atoms with van der Waals surface area (Å²) in [6.45, 7) is 1.77. The quantitative estimate of drug-likeness (QED) is 0.850. The van der Waals surface area contributed by atoms with Gasteiger partial charge in [0.05, 0.1) is 11.2 Å². The molecule has 0 atom stereocenters. The van der Waals surface area contributed by atoms with Crippen molar-refractivity contribution in [2.24, 2.45) is 0 Å². The highest BCUT2D eigenvalue weighted by molar-refractivity contribution is 5.93. The average molecular weight is 367 g/mol. The normalized spacial score (nSPS) is 18.8. The molecule has 0 aliphatic carbocycles. The van der Waals surface area contributed by atoms with Gasteiger partial charge in [-0.2, -0.15) is 0 Å². The second-order valence-corrected chi connectivity index (χ2v) is 6.83. The van der Waals surface area contributed by atoms with Gasteiger partial charge in [-0.25, -0.2) is 9.97 Å². The van der Waals surface area contributed by atoms with Gasteiger partial charge < -0.3 is 20.3 Å². The Hall–Kier alpha value is -3.00. The number of para-hydroxylation sites is 1. The Labute approximate surface area is 156 Å². The topological polar surface area (TPSA) is 96.5 Å². The number of carbonyl (C=O) groups is 2. The summed E-state index contributed by atoms with van der Waals surface area (Å²) in [6.07, 6.45) is 4.49. The molecule has 1 aromatic carbocycles. The van der Waals surface area contributed by atoms with Gasteiger partial charge in [0.25, 0.3) is 5.91 Å². The van der Waals surface area contributed by atoms with Crippen LogP contribution in [0.4, 0.5) is 11.6 Å². The van der Waals surface area contributed by atoms with E-state index in [9.17, 15) is 9.59 Å². The zero-order valence-corrected chi connectivity index (χ0v) is 14.9. The molecule has 3 heterocycles. The molecular weight excluding hydrogens is 346 g/mol. The van der Waals surface area contributed by atoms with E-state index in [1.165, 1.54) is 0 Å². The fraction of sp³-hybridized carbons (Fsp3) is 0.368. The molecule has 1 aromatic heterocycles. The molecule has 2 aromatic rings. The van der Waals surface area contributed by atoms with Crippen LogP contribution in [0.1, 0.15) is 23.2 Å². The van der Waals surface area contributed by atoms with Gasteiger partial charge in [-0.3, -0.25) is 9.59 Å². The van der Waals surface area contributed by atoms with Gasteiger partial charge in [0.2, 0.25) is 11.9 Å². The first kappa shape index (κ1) is 17.4. The number of nitrogens with one attached hydrogen (secondary N) is 2. The molecule has 8 nitrogen and oxygen atoms in total. The minimum absolute atomic E-state index is 0.0829. The molecule has 4 rings (SSSR count). The van der Waals surface area contributed by atoms with Crippen molar-refractivity contribution in [1.29, 1.82) is 0 Å². The lowest BCUT2D eigenvalue weighted by atomic mass is 9.90. The predicted octanol–water partition coefficient (Wildman–Crippen LogP) is 1.34. The van der Waals surface area contributed by atoms with Crippen LogP contribution in [0.3, 0.4) is 0 Å². The van der Waals surface area contributed by atoms with Crippen molar-refractivity contribution in [3.8, 4) is 0 Å². The summed E-state index contributed by atoms with van der Waals surface area (Å²) in [5, 5.41) is 5.94. The molecule has 27 heavy (non-hydrogen) atoms. The Balaban J connectivity index is 1.35. The maximum Gasteiger partial charge on any atom is 0.256 e. The van der Waals surface area contributed by atoms with Crippen LogP contribution in [0.5, 0.6) is 0 Å². The number of ether oxygens (including phenoxy) is 1. The Morgan fingerprint density at radius 3 is 2.48 bits per heavy atom. The van der Waals surface area contributed by atoms with Crippen LogP contribution < -0.4 is 10.6 Å². The lowest BCUT2D eigenvalue weighted by molar-refractivity contribution is -0.149. The predicted molar refractivity (Wildman–Crippen MR) is 98.6 cm³/mol. The van der Waals surface area contributed by atoms with E-state index in [1.54, 1.807) is 17.3 Å². The molecule has 1 spiro atoms. The molecule has 0 saturated carbocycles. The van der Waals surface area contributed by atoms with Gasteiger partial charge in [0.1, 0.15) is 6.61 Å². The van der Waals surface area contributed by atoms with Crippen molar-refractivity contribution in [3.05, 3.63) is 48.3 Å². The number of hydrogen-bond donors (Lipinski definition) is 2. The number of nitrogens with zero attached hydrogens (tertiary/aromatic N) is 3. The molecule has 2 aliphatic heterocycles. The summed E-state index contributed by atoms with van der Waals surface area (Å²) in [6, 6.07) is 9.61. The minimum atomic E-state index is -0.343. The number of likely N-dealkylation sites (tertiary alicyclic amines) is 1. The number of hydrogen-bond acceptors (Lipinski definition) is 6. The first-order valence-electron chi connectivity index (χ1n) is 8.98. The first-order valence-corrected chi connectivity index (χ1v) is 8.98. The first-order chi connectivity index (χ1) is 13.1. The third kappa shape index (κ3) is 3.90. The molecule has 2 N–H and O–H groups in total. The van der Waals surface area contributed by atoms with Crippen LogP contribution in [0.2, 0.25) is 0 Å². The number of carbonyl (C=O) groups excluding carboxylic acids is 2. The Kier molecular flexibility index (Phi) is 4.72. The van der Waals surface area contributed by atoms with Crippen LogP contribution >= 0.6 is 0 Å². The van der Waals surface area contributed by atoms with E-state index in [2.05, 4.69) is 20.6 Å². The Morgan fingerprint density at radius 2 is 1.85 bits per heavy atom. The second-order valence-electron chi connectivity index (χ2n) is 6.83. The SMILES string of the molecule is O=C1COC2(CCN(C(=O)c3cnc(Nc4ccccc4)nc3)CC2)CN1. The lowest BCUT2D eigenvalue weighted by Crippen LogP contribution is -2.58. The van der Waals surface area contributed by atoms with Crippen molar-refractivity contribution < 1.29 is 14.3 Å². The van der Waals surface area contributed by atoms with Crippen LogP contribution in [0.15, 0.2) is 42.7 Å². The highest BCUT2D eigenvalue weighted by Crippen LogP contribution is 2.28. The maximum absolute atomic E-state index is 12.7. The van der Waals surface area contributed by atoms with Crippen molar-refractivity contribution in [1.82, 2.24) is 20.2 Å². The van der Waals surface area contributed by atoms with Gasteiger partial charge in [-0.15, -0.1) is 0 Å². The molecule has 2 amide bonds. The second kappa shape index (κ2) is 7.32. The van der Waals surface area contributed by atoms with Gasteiger partial charge in [-0.05, 0) is 25.0 Å². The number of benzene rings is 1. The molecule has 2 saturated heterocycles. The lowest BCUT2D eigenvalue weighted by Gasteiger charge is -2.43. The highest BCUT2D eigenvalue weighted by Gasteiger charge is 2.40. The van der Waals surface area contributed by atoms with Crippen molar-refractivity contribution in [2.75, 3.05) is 31.6 Å². The molecule has 140 valence electrons. The molecule has 0 radical (unpaired) electrons. The fourth-order valence-corrected chi connectivity index (χ4v) is 3.35. The van der Waals surface area contributed by atoms with Gasteiger partial charge in [0, 0.05) is 37.7 Å². The average Bonchev–Trinajstić information content (AvgIpc) is 2.72. The zero-order valence-electron chi connectivity index (χ0n) is 14.9. The zero-order chi connectivity index (χ0) is 18.7. The third-order valence-electron chi connectivity index (χ3n) is 5.01. The standard InChI is InChI=1S/C19H21N5O3/c25-16-12-27-19(13-22-16)6-8-24(9-7-19)17(26)14-10-20-18(21-11-14)23-15-4-2-1-3-5-15/h1-5,10-11H,6-9,12-13H2,(H,22,25)(H,20,21,23). The number of rotatable bonds is 3. The van der Waals surface area contributed by atoms with E-state index in [1.807, 2.05) is 30.3 Å². The highest BCUT2D eigenvalue weighted by atomic mass is 16.5. The number of amides is 2. The van der Waals surface area contributed by atoms with Crippen LogP contribution in [-0.4, -0.2) is 58.5 Å². The molecular formula is C19H21N5O3. The van der Waals surface area contributed by atoms with Gasteiger partial charge in [0.15, 0.2) is 0 Å². The van der Waals surface area contributed by atoms with Crippen molar-refractivity contribution in [2.45, 2.75) is 18.4 Å². The maximum atomic E-state index is 12.7. The van der Waals surface area contributed by atoms with E-state index in [0.717, 1.165) is 5.69 Å². The molecule has 8 heteroatoms. The van der Waals surface area contributed by atoms with Gasteiger partial charge >= 0.3 is 0 Å². The summed E-state index contributed by atoms with van der Waals surface area (Å²) in [5.41, 5.74) is 1.00. The third-order valence-corrected chi connectivity index (χ3v) is 5.01. The summed E-state index contributed by atoms with van der Waals surface area (Å²) in [5.74, 6) is 0.276. The van der Waals surface area contributed by atoms with Crippen LogP contribution in [0, 0.1) is 0 Å². The molecule has 0 bridgehead atoms. The Bertz CT molecular complexity index is 805. The fourth-order valence-electron chi connectivity index (χ4n) is 3.35. The molecule has 0 unspecified atom stereocenters. The summed E-state index contributed by atoms with van der Waals surface area (Å²) >= 11 is 0. The Morgan fingerprint density at radius 1 is 1.15 bits per heavy atom. The number of piperidine rings is 1. The van der Waals surface area contributed by atoms with E-state index < -0.39 is 0 Å². The summed E-state index contributed by atoms with van der Waals surface area (Å²) < 4.78 is 5.74. The van der Waals surface area contributed by atoms with Gasteiger partial charge in [-0.1, -0.05) is 18.2 Å². The number of aromatic nitrogens is 2. The number of morpholine rings is 1. The largest absolute Gasteiger partial charge is 0.363 e. The summed E-state index contributed by atoms with van der Waals surface area (Å²) in [7, 11) is 0. The van der Waals surface area contributed by atoms with Crippen molar-refractivity contribution in [3.63, 3.8) is 0 Å². The van der Waals surface area contributed by atoms with Crippen molar-refractivity contribution >= 4 is 23.5 Å².